The van der Waals surface area contributed by atoms with E-state index in [1.54, 1.807) is 12.1 Å². The third kappa shape index (κ3) is 5.92. The largest absolute Gasteiger partial charge is 0.492 e. The van der Waals surface area contributed by atoms with Crippen LogP contribution in [0.25, 0.3) is 0 Å². The molecule has 2 aromatic rings. The molecule has 1 saturated heterocycles. The Morgan fingerprint density at radius 1 is 1.08 bits per heavy atom. The molecule has 1 N–H and O–H groups in total. The number of benzene rings is 2. The van der Waals surface area contributed by atoms with Gasteiger partial charge in [0.2, 0.25) is 0 Å². The van der Waals surface area contributed by atoms with Crippen LogP contribution < -0.4 is 4.74 Å². The van der Waals surface area contributed by atoms with Gasteiger partial charge in [0.15, 0.2) is 0 Å². The van der Waals surface area contributed by atoms with Crippen LogP contribution in [-0.2, 0) is 29.0 Å². The molecule has 198 valence electrons. The first-order valence-electron chi connectivity index (χ1n) is 12.9. The zero-order valence-corrected chi connectivity index (χ0v) is 20.6. The summed E-state index contributed by atoms with van der Waals surface area (Å²) in [5, 5.41) is 13.3. The SMILES string of the molecule is O=C(O)C1CN(Cc2ccc3c(c2)OCCC3=NOCc2ccc(C3CCCCC3)c(C(F)(F)F)c2)C1. The molecule has 0 bridgehead atoms. The molecule has 5 rings (SSSR count). The molecule has 2 heterocycles. The summed E-state index contributed by atoms with van der Waals surface area (Å²) < 4.78 is 47.3. The molecule has 0 radical (unpaired) electrons. The van der Waals surface area contributed by atoms with Crippen molar-refractivity contribution in [3.8, 4) is 5.75 Å². The Kier molecular flexibility index (Phi) is 7.42. The lowest BCUT2D eigenvalue weighted by molar-refractivity contribution is -0.147. The van der Waals surface area contributed by atoms with Crippen LogP contribution in [0.5, 0.6) is 5.75 Å². The number of rotatable bonds is 7. The molecule has 0 spiro atoms. The van der Waals surface area contributed by atoms with E-state index in [0.29, 0.717) is 55.3 Å². The quantitative estimate of drug-likeness (QED) is 0.459. The van der Waals surface area contributed by atoms with Crippen molar-refractivity contribution in [1.82, 2.24) is 4.90 Å². The second-order valence-electron chi connectivity index (χ2n) is 10.2. The Hall–Kier alpha value is -3.07. The van der Waals surface area contributed by atoms with E-state index < -0.39 is 17.7 Å². The molecule has 9 heteroatoms. The van der Waals surface area contributed by atoms with E-state index in [-0.39, 0.29) is 18.4 Å². The second-order valence-corrected chi connectivity index (χ2v) is 10.2. The minimum Gasteiger partial charge on any atom is -0.492 e. The first kappa shape index (κ1) is 25.6. The summed E-state index contributed by atoms with van der Waals surface area (Å²) in [4.78, 5) is 18.6. The van der Waals surface area contributed by atoms with Crippen LogP contribution in [0, 0.1) is 5.92 Å². The Labute approximate surface area is 214 Å². The van der Waals surface area contributed by atoms with Gasteiger partial charge in [0, 0.05) is 31.6 Å². The van der Waals surface area contributed by atoms with Crippen LogP contribution in [0.2, 0.25) is 0 Å². The predicted molar refractivity (Wildman–Crippen MR) is 132 cm³/mol. The summed E-state index contributed by atoms with van der Waals surface area (Å²) in [5.41, 5.74) is 2.78. The molecule has 37 heavy (non-hydrogen) atoms. The van der Waals surface area contributed by atoms with Crippen molar-refractivity contribution < 1.29 is 32.6 Å². The number of hydrogen-bond acceptors (Lipinski definition) is 5. The summed E-state index contributed by atoms with van der Waals surface area (Å²) >= 11 is 0. The van der Waals surface area contributed by atoms with Gasteiger partial charge in [0.25, 0.3) is 0 Å². The van der Waals surface area contributed by atoms with Crippen molar-refractivity contribution >= 4 is 11.7 Å². The van der Waals surface area contributed by atoms with E-state index in [1.165, 1.54) is 6.07 Å². The topological polar surface area (TPSA) is 71.4 Å². The van der Waals surface area contributed by atoms with Crippen molar-refractivity contribution in [2.75, 3.05) is 19.7 Å². The van der Waals surface area contributed by atoms with Gasteiger partial charge in [-0.05, 0) is 53.6 Å². The number of carboxylic acid groups (broad SMARTS) is 1. The molecular weight excluding hydrogens is 485 g/mol. The average molecular weight is 517 g/mol. The number of halogens is 3. The van der Waals surface area contributed by atoms with E-state index in [4.69, 9.17) is 14.7 Å². The molecular formula is C28H31F3N2O4. The summed E-state index contributed by atoms with van der Waals surface area (Å²) in [6.45, 7) is 2.09. The van der Waals surface area contributed by atoms with E-state index in [1.807, 2.05) is 18.2 Å². The van der Waals surface area contributed by atoms with Gasteiger partial charge < -0.3 is 14.7 Å². The lowest BCUT2D eigenvalue weighted by Crippen LogP contribution is -2.49. The van der Waals surface area contributed by atoms with Crippen molar-refractivity contribution in [2.45, 2.75) is 63.8 Å². The van der Waals surface area contributed by atoms with E-state index in [2.05, 4.69) is 10.1 Å². The van der Waals surface area contributed by atoms with Gasteiger partial charge >= 0.3 is 12.1 Å². The number of likely N-dealkylation sites (tertiary alicyclic amines) is 1. The minimum atomic E-state index is -4.41. The Morgan fingerprint density at radius 2 is 1.84 bits per heavy atom. The first-order valence-corrected chi connectivity index (χ1v) is 12.9. The summed E-state index contributed by atoms with van der Waals surface area (Å²) in [5.74, 6) is -0.428. The molecule has 0 unspecified atom stereocenters. The van der Waals surface area contributed by atoms with Crippen LogP contribution in [0.4, 0.5) is 13.2 Å². The molecule has 2 aromatic carbocycles. The van der Waals surface area contributed by atoms with E-state index >= 15 is 0 Å². The molecule has 1 saturated carbocycles. The standard InChI is InChI=1S/C28H31F3N2O4/c29-28(30,31)24-12-19(7-8-22(24)20-4-2-1-3-5-20)17-37-32-25-10-11-36-26-13-18(6-9-23(25)26)14-33-15-21(16-33)27(34)35/h6-9,12-13,20-21H,1-5,10-11,14-17H2,(H,34,35). The number of nitrogens with zero attached hydrogens (tertiary/aromatic N) is 2. The van der Waals surface area contributed by atoms with E-state index in [0.717, 1.165) is 43.2 Å². The molecule has 0 atom stereocenters. The lowest BCUT2D eigenvalue weighted by Gasteiger charge is -2.36. The predicted octanol–water partition coefficient (Wildman–Crippen LogP) is 5.97. The second kappa shape index (κ2) is 10.7. The van der Waals surface area contributed by atoms with Gasteiger partial charge in [0.1, 0.15) is 12.4 Å². The highest BCUT2D eigenvalue weighted by molar-refractivity contribution is 6.03. The zero-order chi connectivity index (χ0) is 26.0. The van der Waals surface area contributed by atoms with Crippen molar-refractivity contribution in [3.05, 3.63) is 64.2 Å². The maximum atomic E-state index is 13.8. The summed E-state index contributed by atoms with van der Waals surface area (Å²) in [6.07, 6.45) is 0.767. The molecule has 1 aliphatic carbocycles. The van der Waals surface area contributed by atoms with Crippen LogP contribution in [0.3, 0.4) is 0 Å². The lowest BCUT2D eigenvalue weighted by atomic mass is 9.81. The van der Waals surface area contributed by atoms with E-state index in [9.17, 15) is 18.0 Å². The van der Waals surface area contributed by atoms with Gasteiger partial charge in [-0.3, -0.25) is 9.69 Å². The van der Waals surface area contributed by atoms with Gasteiger partial charge in [0.05, 0.1) is 23.8 Å². The highest BCUT2D eigenvalue weighted by Crippen LogP contribution is 2.41. The van der Waals surface area contributed by atoms with Crippen LogP contribution in [0.15, 0.2) is 41.6 Å². The minimum absolute atomic E-state index is 0.0380. The Bertz CT molecular complexity index is 1170. The third-order valence-corrected chi connectivity index (χ3v) is 7.54. The number of oxime groups is 1. The van der Waals surface area contributed by atoms with Gasteiger partial charge in [-0.25, -0.2) is 0 Å². The number of hydrogen-bond donors (Lipinski definition) is 1. The first-order chi connectivity index (χ1) is 17.8. The smallest absolute Gasteiger partial charge is 0.416 e. The normalized spacial score (nSPS) is 20.2. The Morgan fingerprint density at radius 3 is 2.57 bits per heavy atom. The van der Waals surface area contributed by atoms with Gasteiger partial charge in [-0.1, -0.05) is 42.6 Å². The van der Waals surface area contributed by atoms with Gasteiger partial charge in [-0.15, -0.1) is 0 Å². The van der Waals surface area contributed by atoms with Crippen molar-refractivity contribution in [3.63, 3.8) is 0 Å². The number of carboxylic acids is 1. The third-order valence-electron chi connectivity index (χ3n) is 7.54. The average Bonchev–Trinajstić information content (AvgIpc) is 2.85. The maximum absolute atomic E-state index is 13.8. The van der Waals surface area contributed by atoms with Crippen molar-refractivity contribution in [2.24, 2.45) is 11.1 Å². The van der Waals surface area contributed by atoms with Crippen LogP contribution in [0.1, 0.15) is 72.3 Å². The zero-order valence-electron chi connectivity index (χ0n) is 20.6. The Balaban J connectivity index is 1.24. The fourth-order valence-electron chi connectivity index (χ4n) is 5.52. The number of alkyl halides is 3. The fourth-order valence-corrected chi connectivity index (χ4v) is 5.52. The number of fused-ring (bicyclic) bond motifs is 1. The molecule has 0 aromatic heterocycles. The highest BCUT2D eigenvalue weighted by atomic mass is 19.4. The van der Waals surface area contributed by atoms with Crippen molar-refractivity contribution in [1.29, 1.82) is 0 Å². The number of carbonyl (C=O) groups is 1. The van der Waals surface area contributed by atoms with Crippen LogP contribution >= 0.6 is 0 Å². The maximum Gasteiger partial charge on any atom is 0.416 e. The number of ether oxygens (including phenoxy) is 1. The van der Waals surface area contributed by atoms with Gasteiger partial charge in [-0.2, -0.15) is 13.2 Å². The number of aliphatic carboxylic acids is 1. The monoisotopic (exact) mass is 516 g/mol. The molecule has 6 nitrogen and oxygen atoms in total. The molecule has 3 aliphatic rings. The molecule has 2 aliphatic heterocycles. The molecule has 0 amide bonds. The highest BCUT2D eigenvalue weighted by Gasteiger charge is 2.36. The summed E-state index contributed by atoms with van der Waals surface area (Å²) in [7, 11) is 0. The summed E-state index contributed by atoms with van der Waals surface area (Å²) in [6, 6.07) is 10.3. The van der Waals surface area contributed by atoms with Crippen LogP contribution in [-0.4, -0.2) is 41.4 Å². The molecule has 2 fully saturated rings. The fraction of sp³-hybridized carbons (Fsp3) is 0.500.